The van der Waals surface area contributed by atoms with Crippen molar-refractivity contribution < 1.29 is 85.8 Å². The van der Waals surface area contributed by atoms with Crippen molar-refractivity contribution >= 4 is 95.2 Å². The summed E-state index contributed by atoms with van der Waals surface area (Å²) in [7, 11) is 5.93. The number of aliphatic hydroxyl groups is 1. The highest BCUT2D eigenvalue weighted by atomic mass is 79.9. The van der Waals surface area contributed by atoms with Gasteiger partial charge in [0.2, 0.25) is 20.7 Å². The molecule has 0 aliphatic heterocycles. The molecule has 0 unspecified atom stereocenters. The number of halogens is 4. The average Bonchev–Trinajstić information content (AvgIpc) is 1.67. The molecule has 7 N–H and O–H groups in total. The number of phenols is 3. The van der Waals surface area contributed by atoms with Crippen LogP contribution in [0.2, 0.25) is 0 Å². The van der Waals surface area contributed by atoms with Gasteiger partial charge in [-0.05, 0) is 140 Å². The summed E-state index contributed by atoms with van der Waals surface area (Å²) < 4.78 is 49.3. The second-order valence-electron chi connectivity index (χ2n) is 22.3. The highest BCUT2D eigenvalue weighted by Gasteiger charge is 2.23. The van der Waals surface area contributed by atoms with E-state index in [1.54, 1.807) is 64.6 Å². The van der Waals surface area contributed by atoms with Gasteiger partial charge in [0.1, 0.15) is 64.7 Å². The number of aromatic nitrogens is 15. The lowest BCUT2D eigenvalue weighted by atomic mass is 9.86. The highest BCUT2D eigenvalue weighted by Crippen LogP contribution is 2.31. The molecule has 0 saturated heterocycles. The van der Waals surface area contributed by atoms with Crippen LogP contribution in [0.4, 0.5) is 0 Å². The van der Waals surface area contributed by atoms with Crippen LogP contribution in [0.1, 0.15) is 165 Å². The van der Waals surface area contributed by atoms with Gasteiger partial charge in [-0.25, -0.2) is 33.9 Å². The number of nitrogens with zero attached hydrogens (tertiary/aromatic N) is 15. The molecule has 12 aromatic rings. The highest BCUT2D eigenvalue weighted by molar-refractivity contribution is 9.10. The number of hydrogen-bond acceptors (Lipinski definition) is 27. The maximum absolute atomic E-state index is 11.1. The van der Waals surface area contributed by atoms with E-state index in [1.165, 1.54) is 56.8 Å². The Bertz CT molecular complexity index is 4510. The third-order valence-corrected chi connectivity index (χ3v) is 14.4. The predicted octanol–water partition coefficient (Wildman–Crippen LogP) is 12.2. The number of hydrogen-bond donors (Lipinski definition) is 7. The molecule has 39 heteroatoms. The number of Topliss-reactive ketones (excluding diaryl/α,β-unsaturated/α-hetero) is 1. The summed E-state index contributed by atoms with van der Waals surface area (Å²) in [4.78, 5) is 62.8. The van der Waals surface area contributed by atoms with E-state index in [0.29, 0.717) is 68.7 Å². The van der Waals surface area contributed by atoms with Gasteiger partial charge < -0.3 is 62.4 Å². The van der Waals surface area contributed by atoms with Gasteiger partial charge in [0.15, 0.2) is 66.4 Å². The molecule has 104 heavy (non-hydrogen) atoms. The minimum atomic E-state index is -1.67. The van der Waals surface area contributed by atoms with Crippen molar-refractivity contribution in [3.63, 3.8) is 0 Å². The topological polar surface area (TPSA) is 455 Å². The van der Waals surface area contributed by atoms with Crippen LogP contribution < -0.4 is 10.3 Å². The lowest BCUT2D eigenvalue weighted by molar-refractivity contribution is 0.0662. The van der Waals surface area contributed by atoms with Crippen molar-refractivity contribution in [3.8, 4) is 68.5 Å². The number of rotatable bonds is 19. The Morgan fingerprint density at radius 1 is 0.538 bits per heavy atom. The molecule has 0 fully saturated rings. The first-order valence-corrected chi connectivity index (χ1v) is 35.0. The number of oxazole rings is 5. The second kappa shape index (κ2) is 41.7. The van der Waals surface area contributed by atoms with Gasteiger partial charge in [-0.2, -0.15) is 25.5 Å². The first-order chi connectivity index (χ1) is 49.5. The first-order valence-electron chi connectivity index (χ1n) is 30.9. The summed E-state index contributed by atoms with van der Waals surface area (Å²) in [5, 5.41) is 83.9. The fraction of sp³-hybridized carbons (Fsp3) is 0.292. The number of ketones is 1. The van der Waals surface area contributed by atoms with Crippen LogP contribution in [0, 0.1) is 0 Å². The Morgan fingerprint density at radius 3 is 1.26 bits per heavy atom. The zero-order chi connectivity index (χ0) is 76.9. The smallest absolute Gasteiger partial charge is 0.507 e. The van der Waals surface area contributed by atoms with E-state index in [2.05, 4.69) is 102 Å². The molecule has 33 nitrogen and oxygen atoms in total. The summed E-state index contributed by atoms with van der Waals surface area (Å²) in [6, 6.07) is 18.7. The number of phenolic OH excluding ortho intramolecular Hbond substituents is 3. The number of alkyl halides is 1. The molecule has 0 aliphatic carbocycles. The quantitative estimate of drug-likeness (QED) is 0.0130. The van der Waals surface area contributed by atoms with Gasteiger partial charge in [0, 0.05) is 89.5 Å². The number of carbonyl (C=O) groups is 4. The van der Waals surface area contributed by atoms with Crippen LogP contribution in [0.25, 0.3) is 45.6 Å². The van der Waals surface area contributed by atoms with Gasteiger partial charge in [0.05, 0.1) is 45.4 Å². The van der Waals surface area contributed by atoms with E-state index < -0.39 is 22.3 Å². The summed E-state index contributed by atoms with van der Waals surface area (Å²) >= 11 is 8.80. The van der Waals surface area contributed by atoms with Gasteiger partial charge in [-0.15, -0.1) is 11.6 Å². The molecule has 0 saturated carbocycles. The van der Waals surface area contributed by atoms with Crippen LogP contribution in [0.5, 0.6) is 23.0 Å². The zero-order valence-corrected chi connectivity index (χ0v) is 62.3. The molecule has 0 amide bonds. The molecule has 0 spiro atoms. The summed E-state index contributed by atoms with van der Waals surface area (Å²) in [5.74, 6) is 0.584. The van der Waals surface area contributed by atoms with E-state index >= 15 is 0 Å². The fourth-order valence-corrected chi connectivity index (χ4v) is 9.63. The molecule has 0 bridgehead atoms. The minimum absolute atomic E-state index is 0.0671. The molecule has 10 aromatic heterocycles. The van der Waals surface area contributed by atoms with Crippen molar-refractivity contribution in [1.82, 2.24) is 73.8 Å². The second-order valence-corrected chi connectivity index (χ2v) is 25.9. The number of aromatic carboxylic acids is 1. The van der Waals surface area contributed by atoms with E-state index in [4.69, 9.17) is 73.1 Å². The van der Waals surface area contributed by atoms with Crippen molar-refractivity contribution in [1.29, 1.82) is 0 Å². The van der Waals surface area contributed by atoms with Crippen molar-refractivity contribution in [3.05, 3.63) is 174 Å². The van der Waals surface area contributed by atoms with E-state index in [-0.39, 0.29) is 94.9 Å². The summed E-state index contributed by atoms with van der Waals surface area (Å²) in [6.45, 7) is 21.4. The molecular weight excluding hydrogens is 1510 g/mol. The molecule has 0 aliphatic rings. The fourth-order valence-electron chi connectivity index (χ4n) is 8.98. The third kappa shape index (κ3) is 23.6. The maximum Gasteiger partial charge on any atom is 0.507 e. The number of benzene rings is 2. The van der Waals surface area contributed by atoms with Crippen LogP contribution in [0.3, 0.4) is 0 Å². The number of aldehydes is 2. The largest absolute Gasteiger partial charge is 0.507 e. The standard InChI is InChI=1S/C17H17N3O4.C10H12ClN3O.C10H11N3O3.C10H13N3O2.C7H6O3.C6H11BN2O2.C5H4BrNO2.Cl2OS/c1-11(2)20-13(6-7-19-20)17-16(24-10-18-17)9-23-15-5-3-4-14(22)12(15)8-21;1-7(2)14-8(3-4-13-14)10-9(5-11)15-6-12-10;1-6(2)13-7(3-4-12-13)8-9(10(14)15)16-5-11-8;1-7(2)13-8(3-4-12-13)10-9(5-14)15-6-11-10;8-4-5-6(9)2-1-3-7(5)10;1-5(2)9-6(7(10)11)3-4-8-9;1-3(8)4-5(6)7-2-9-4;1-4(2)3/h3-8,10-11,22H,9H2,1-2H3;3-4,6-7H,5H2,1-2H3;3-6H,1-2H3,(H,14,15);3-4,6-7,14H,5H2,1-2H3;1-4,9-10H;3-5,10-11H,1-2H3;2H,1H3;. The Balaban J connectivity index is 0.000000221. The number of carboxylic acid groups (broad SMARTS) is 1. The van der Waals surface area contributed by atoms with E-state index in [0.717, 1.165) is 29.2 Å². The molecule has 554 valence electrons. The minimum Gasteiger partial charge on any atom is -0.507 e. The van der Waals surface area contributed by atoms with Gasteiger partial charge in [-0.1, -0.05) is 12.1 Å². The van der Waals surface area contributed by atoms with Crippen LogP contribution in [-0.2, 0) is 28.3 Å². The van der Waals surface area contributed by atoms with Crippen LogP contribution >= 0.6 is 48.9 Å². The van der Waals surface area contributed by atoms with Crippen LogP contribution in [0.15, 0.2) is 156 Å². The first kappa shape index (κ1) is 84.3. The monoisotopic (exact) mass is 1580 g/mol. The predicted molar refractivity (Wildman–Crippen MR) is 384 cm³/mol. The van der Waals surface area contributed by atoms with E-state index in [1.807, 2.05) is 87.6 Å². The lowest BCUT2D eigenvalue weighted by Gasteiger charge is -2.11. The Labute approximate surface area is 619 Å². The number of ether oxygens (including phenoxy) is 1. The molecule has 2 aromatic carbocycles. The van der Waals surface area contributed by atoms with Crippen LogP contribution in [-0.4, -0.2) is 145 Å². The molecule has 12 rings (SSSR count). The van der Waals surface area contributed by atoms with Crippen molar-refractivity contribution in [2.75, 3.05) is 0 Å². The normalized spacial score (nSPS) is 10.6. The summed E-state index contributed by atoms with van der Waals surface area (Å²) in [5.41, 5.74) is 6.10. The molecule has 0 atom stereocenters. The Hall–Kier alpha value is -10.3. The number of carbonyl (C=O) groups excluding carboxylic acids is 3. The van der Waals surface area contributed by atoms with Crippen molar-refractivity contribution in [2.45, 2.75) is 125 Å². The van der Waals surface area contributed by atoms with Crippen molar-refractivity contribution in [2.24, 2.45) is 0 Å². The maximum atomic E-state index is 11.1. The van der Waals surface area contributed by atoms with Gasteiger partial charge in [0.25, 0.3) is 0 Å². The molecule has 10 heterocycles. The van der Waals surface area contributed by atoms with E-state index in [9.17, 15) is 24.3 Å². The molecular formula is C65H74BBrCl3N15O18S. The number of carboxylic acids is 1. The summed E-state index contributed by atoms with van der Waals surface area (Å²) in [6.07, 6.45) is 15.7. The number of aromatic hydroxyl groups is 3. The lowest BCUT2D eigenvalue weighted by Crippen LogP contribution is -2.37. The van der Waals surface area contributed by atoms with Gasteiger partial charge in [-0.3, -0.25) is 37.8 Å². The molecule has 0 radical (unpaired) electrons. The SMILES string of the molecule is CC(=O)c1ocnc1Br.CC(C)n1nccc1-c1ncoc1C(=O)O.CC(C)n1nccc1-c1ncoc1CCl.CC(C)n1nccc1-c1ncoc1CO.CC(C)n1nccc1-c1ncoc1COc1cccc(O)c1C=O.CC(C)n1nccc1B(O)O.O=Cc1c(O)cccc1O.O=S(Cl)Cl. The van der Waals surface area contributed by atoms with Gasteiger partial charge >= 0.3 is 13.1 Å². The average molecular weight is 1580 g/mol. The number of aliphatic hydroxyl groups excluding tert-OH is 1. The Morgan fingerprint density at radius 2 is 0.894 bits per heavy atom. The Kier molecular flexibility index (Phi) is 33.8. The zero-order valence-electron chi connectivity index (χ0n) is 57.6. The third-order valence-electron chi connectivity index (χ3n) is 13.6.